The van der Waals surface area contributed by atoms with E-state index < -0.39 is 25.3 Å². The summed E-state index contributed by atoms with van der Waals surface area (Å²) in [6.07, 6.45) is 0. The van der Waals surface area contributed by atoms with E-state index in [1.54, 1.807) is 45.0 Å². The second-order valence-electron chi connectivity index (χ2n) is 7.62. The van der Waals surface area contributed by atoms with Gasteiger partial charge in [-0.25, -0.2) is 0 Å². The Morgan fingerprint density at radius 3 is 2.17 bits per heavy atom. The fraction of sp³-hybridized carbons (Fsp3) is 0.273. The molecule has 1 aromatic heterocycles. The lowest BCUT2D eigenvalue weighted by atomic mass is 9.97. The van der Waals surface area contributed by atoms with Crippen LogP contribution in [0.25, 0.3) is 22.3 Å². The molecule has 0 N–H and O–H groups in total. The third kappa shape index (κ3) is 3.85. The van der Waals surface area contributed by atoms with Crippen molar-refractivity contribution in [2.24, 2.45) is 5.41 Å². The molecule has 0 aliphatic rings. The highest BCUT2D eigenvalue weighted by Gasteiger charge is 2.30. The highest BCUT2D eigenvalue weighted by molar-refractivity contribution is 7.34. The minimum Gasteiger partial charge on any atom is -0.492 e. The third-order valence-electron chi connectivity index (χ3n) is 4.46. The van der Waals surface area contributed by atoms with E-state index in [2.05, 4.69) is 0 Å². The second kappa shape index (κ2) is 8.36. The first-order valence-corrected chi connectivity index (χ1v) is 10.3. The Morgan fingerprint density at radius 2 is 1.63 bits per heavy atom. The molecule has 1 unspecified atom stereocenters. The first-order chi connectivity index (χ1) is 14.2. The molecule has 3 rings (SSSR count). The molecule has 0 saturated heterocycles. The number of hydrogen-bond donors (Lipinski definition) is 0. The van der Waals surface area contributed by atoms with E-state index in [4.69, 9.17) is 18.6 Å². The van der Waals surface area contributed by atoms with Crippen LogP contribution in [0.15, 0.2) is 45.6 Å². The van der Waals surface area contributed by atoms with E-state index in [9.17, 15) is 14.2 Å². The maximum absolute atomic E-state index is 13.4. The van der Waals surface area contributed by atoms with Crippen LogP contribution < -0.4 is 24.9 Å². The molecule has 30 heavy (non-hydrogen) atoms. The van der Waals surface area contributed by atoms with Crippen molar-refractivity contribution in [3.63, 3.8) is 0 Å². The van der Waals surface area contributed by atoms with Gasteiger partial charge in [-0.15, -0.1) is 0 Å². The molecule has 0 fully saturated rings. The van der Waals surface area contributed by atoms with Crippen LogP contribution in [0.5, 0.6) is 17.2 Å². The van der Waals surface area contributed by atoms with Crippen LogP contribution in [0.2, 0.25) is 0 Å². The van der Waals surface area contributed by atoms with Gasteiger partial charge in [0.25, 0.3) is 0 Å². The van der Waals surface area contributed by atoms with Crippen molar-refractivity contribution in [2.75, 3.05) is 14.2 Å². The SMILES string of the molecule is COc1c([PH2]=O)cc2oc(-c3ccccc3)c(OC)c(=O)c2c1OC(=O)C(C)(C)C. The highest BCUT2D eigenvalue weighted by Crippen LogP contribution is 2.39. The van der Waals surface area contributed by atoms with Crippen molar-refractivity contribution in [2.45, 2.75) is 20.8 Å². The van der Waals surface area contributed by atoms with Crippen molar-refractivity contribution in [3.05, 3.63) is 46.6 Å². The van der Waals surface area contributed by atoms with Gasteiger partial charge >= 0.3 is 5.97 Å². The Morgan fingerprint density at radius 1 is 1.00 bits per heavy atom. The van der Waals surface area contributed by atoms with Gasteiger partial charge in [0.2, 0.25) is 11.2 Å². The van der Waals surface area contributed by atoms with Crippen LogP contribution in [0.4, 0.5) is 0 Å². The minimum absolute atomic E-state index is 0.0161. The van der Waals surface area contributed by atoms with E-state index in [0.29, 0.717) is 5.56 Å². The number of fused-ring (bicyclic) bond motifs is 1. The maximum atomic E-state index is 13.4. The van der Waals surface area contributed by atoms with Gasteiger partial charge in [-0.3, -0.25) is 9.59 Å². The number of ether oxygens (including phenoxy) is 3. The van der Waals surface area contributed by atoms with Crippen LogP contribution in [0, 0.1) is 5.41 Å². The molecule has 8 heteroatoms. The van der Waals surface area contributed by atoms with Gasteiger partial charge in [-0.05, 0) is 26.8 Å². The molecular formula is C22H23O7P. The third-order valence-corrected chi connectivity index (χ3v) is 5.14. The lowest BCUT2D eigenvalue weighted by molar-refractivity contribution is -0.143. The van der Waals surface area contributed by atoms with E-state index in [1.807, 2.05) is 6.07 Å². The number of methoxy groups -OCH3 is 2. The van der Waals surface area contributed by atoms with Crippen molar-refractivity contribution >= 4 is 30.7 Å². The average Bonchev–Trinajstić information content (AvgIpc) is 2.72. The number of carbonyl (C=O) groups excluding carboxylic acids is 1. The normalized spacial score (nSPS) is 11.8. The molecular weight excluding hydrogens is 407 g/mol. The van der Waals surface area contributed by atoms with Gasteiger partial charge in [-0.2, -0.15) is 0 Å². The standard InChI is InChI=1S/C22H23O7P/c1-22(2,3)21(24)29-19-15-13(11-14(30-25)18(19)26-4)28-17(20(27-5)16(15)23)12-9-7-6-8-10-12/h6-11H,30H2,1-5H3. The van der Waals surface area contributed by atoms with Gasteiger partial charge in [-0.1, -0.05) is 30.3 Å². The largest absolute Gasteiger partial charge is 0.492 e. The summed E-state index contributed by atoms with van der Waals surface area (Å²) < 4.78 is 34.2. The zero-order chi connectivity index (χ0) is 22.1. The highest BCUT2D eigenvalue weighted by atomic mass is 31.1. The monoisotopic (exact) mass is 430 g/mol. The quantitative estimate of drug-likeness (QED) is 0.345. The minimum atomic E-state index is -1.46. The maximum Gasteiger partial charge on any atom is 0.316 e. The fourth-order valence-corrected chi connectivity index (χ4v) is 3.49. The van der Waals surface area contributed by atoms with Crippen LogP contribution in [0.3, 0.4) is 0 Å². The number of rotatable bonds is 5. The van der Waals surface area contributed by atoms with Crippen molar-refractivity contribution in [1.82, 2.24) is 0 Å². The Kier molecular flexibility index (Phi) is 6.04. The average molecular weight is 430 g/mol. The van der Waals surface area contributed by atoms with E-state index >= 15 is 0 Å². The van der Waals surface area contributed by atoms with Crippen LogP contribution in [-0.4, -0.2) is 20.2 Å². The molecule has 0 spiro atoms. The molecule has 0 aliphatic carbocycles. The summed E-state index contributed by atoms with van der Waals surface area (Å²) in [6.45, 7) is 5.05. The lowest BCUT2D eigenvalue weighted by Crippen LogP contribution is -2.27. The summed E-state index contributed by atoms with van der Waals surface area (Å²) in [5.74, 6) is -0.454. The number of benzene rings is 2. The van der Waals surface area contributed by atoms with Crippen LogP contribution >= 0.6 is 8.46 Å². The molecule has 0 radical (unpaired) electrons. The van der Waals surface area contributed by atoms with Gasteiger partial charge < -0.3 is 23.2 Å². The Labute approximate surface area is 174 Å². The number of hydrogen-bond acceptors (Lipinski definition) is 7. The molecule has 2 aromatic carbocycles. The topological polar surface area (TPSA) is 92.0 Å². The fourth-order valence-electron chi connectivity index (χ4n) is 2.91. The summed E-state index contributed by atoms with van der Waals surface area (Å²) >= 11 is 0. The summed E-state index contributed by atoms with van der Waals surface area (Å²) in [7, 11) is 1.26. The molecule has 1 heterocycles. The summed E-state index contributed by atoms with van der Waals surface area (Å²) in [5, 5.41) is 0.270. The van der Waals surface area contributed by atoms with E-state index in [-0.39, 0.29) is 39.3 Å². The number of carbonyl (C=O) groups is 1. The molecule has 0 bridgehead atoms. The van der Waals surface area contributed by atoms with Crippen molar-refractivity contribution in [1.29, 1.82) is 0 Å². The Hall–Kier alpha value is -3.05. The van der Waals surface area contributed by atoms with Crippen LogP contribution in [-0.2, 0) is 9.36 Å². The van der Waals surface area contributed by atoms with Gasteiger partial charge in [0, 0.05) is 5.56 Å². The molecule has 3 aromatic rings. The molecule has 158 valence electrons. The van der Waals surface area contributed by atoms with Gasteiger partial charge in [0.1, 0.15) is 11.0 Å². The molecule has 1 atom stereocenters. The predicted molar refractivity (Wildman–Crippen MR) is 116 cm³/mol. The smallest absolute Gasteiger partial charge is 0.316 e. The first kappa shape index (κ1) is 21.7. The lowest BCUT2D eigenvalue weighted by Gasteiger charge is -2.20. The Balaban J connectivity index is 2.42. The van der Waals surface area contributed by atoms with E-state index in [1.165, 1.54) is 20.3 Å². The molecule has 0 amide bonds. The second-order valence-corrected chi connectivity index (χ2v) is 8.48. The zero-order valence-corrected chi connectivity index (χ0v) is 18.6. The summed E-state index contributed by atoms with van der Waals surface area (Å²) in [5.41, 5.74) is -0.615. The summed E-state index contributed by atoms with van der Waals surface area (Å²) in [4.78, 5) is 26.0. The number of esters is 1. The van der Waals surface area contributed by atoms with Crippen LogP contribution in [0.1, 0.15) is 20.8 Å². The molecule has 0 saturated carbocycles. The zero-order valence-electron chi connectivity index (χ0n) is 17.4. The van der Waals surface area contributed by atoms with Gasteiger partial charge in [0.15, 0.2) is 17.3 Å². The summed E-state index contributed by atoms with van der Waals surface area (Å²) in [6, 6.07) is 10.5. The Bertz CT molecular complexity index is 1170. The molecule has 7 nitrogen and oxygen atoms in total. The van der Waals surface area contributed by atoms with Crippen molar-refractivity contribution < 1.29 is 28.0 Å². The first-order valence-electron chi connectivity index (χ1n) is 9.21. The molecule has 0 aliphatic heterocycles. The van der Waals surface area contributed by atoms with Gasteiger partial charge in [0.05, 0.1) is 33.4 Å². The predicted octanol–water partition coefficient (Wildman–Crippen LogP) is 3.81. The van der Waals surface area contributed by atoms with E-state index in [0.717, 1.165) is 0 Å². The van der Waals surface area contributed by atoms with Crippen molar-refractivity contribution in [3.8, 4) is 28.6 Å².